The molecule has 4 heterocycles. The minimum absolute atomic E-state index is 0.00295. The first-order valence-electron chi connectivity index (χ1n) is 36.5. The molecule has 7 aliphatic carbocycles. The summed E-state index contributed by atoms with van der Waals surface area (Å²) in [7, 11) is 0. The van der Waals surface area contributed by atoms with E-state index in [1.807, 2.05) is 0 Å². The molecule has 11 aromatic rings. The van der Waals surface area contributed by atoms with Gasteiger partial charge in [0.15, 0.2) is 5.58 Å². The summed E-state index contributed by atoms with van der Waals surface area (Å²) in [5.41, 5.74) is 30.8. The minimum Gasteiger partial charge on any atom is -0.468 e. The Kier molecular flexibility index (Phi) is 12.0. The summed E-state index contributed by atoms with van der Waals surface area (Å²) in [5.74, 6) is 2.99. The minimum atomic E-state index is -0.257. The number of fused-ring (bicyclic) bond motifs is 14. The van der Waals surface area contributed by atoms with Gasteiger partial charge in [-0.3, -0.25) is 0 Å². The lowest BCUT2D eigenvalue weighted by molar-refractivity contribution is -0.0399. The molecule has 9 aliphatic rings. The number of hydrogen-bond acceptors (Lipinski definition) is 5. The lowest BCUT2D eigenvalue weighted by Gasteiger charge is -2.61. The van der Waals surface area contributed by atoms with Crippen LogP contribution in [0, 0.1) is 23.7 Å². The quantitative estimate of drug-likeness (QED) is 0.161. The maximum atomic E-state index is 8.06. The molecule has 6 heteroatoms. The van der Waals surface area contributed by atoms with Crippen molar-refractivity contribution in [2.24, 2.45) is 23.7 Å². The number of furan rings is 2. The van der Waals surface area contributed by atoms with Gasteiger partial charge >= 0.3 is 0 Å². The molecule has 0 atom stereocenters. The zero-order valence-electron chi connectivity index (χ0n) is 59.1. The van der Waals surface area contributed by atoms with Gasteiger partial charge in [-0.05, 0) is 254 Å². The fourth-order valence-electron chi connectivity index (χ4n) is 21.2. The van der Waals surface area contributed by atoms with Crippen LogP contribution >= 0.6 is 0 Å². The van der Waals surface area contributed by atoms with E-state index in [-0.39, 0.29) is 44.6 Å². The lowest BCUT2D eigenvalue weighted by Crippen LogP contribution is -2.61. The number of benzene rings is 9. The predicted molar refractivity (Wildman–Crippen MR) is 403 cm³/mol. The third-order valence-electron chi connectivity index (χ3n) is 26.3. The van der Waals surface area contributed by atoms with Crippen LogP contribution in [0.2, 0.25) is 0 Å². The summed E-state index contributed by atoms with van der Waals surface area (Å²) in [6, 6.07) is 67.2. The fourth-order valence-corrected chi connectivity index (χ4v) is 21.2. The van der Waals surface area contributed by atoms with E-state index in [2.05, 4.69) is 281 Å². The Morgan fingerprint density at radius 2 is 1.03 bits per heavy atom. The lowest BCUT2D eigenvalue weighted by atomic mass is 9.35. The van der Waals surface area contributed by atoms with E-state index in [0.717, 1.165) is 93.4 Å². The Labute approximate surface area is 569 Å². The van der Waals surface area contributed by atoms with Crippen LogP contribution in [-0.2, 0) is 37.9 Å². The van der Waals surface area contributed by atoms with Gasteiger partial charge in [-0.25, -0.2) is 0 Å². The van der Waals surface area contributed by atoms with E-state index in [9.17, 15) is 0 Å². The first kappa shape index (κ1) is 59.1. The second-order valence-corrected chi connectivity index (χ2v) is 35.8. The Hall–Kier alpha value is -8.22. The third-order valence-corrected chi connectivity index (χ3v) is 26.3. The summed E-state index contributed by atoms with van der Waals surface area (Å²) < 4.78 is 15.1. The maximum absolute atomic E-state index is 8.06. The van der Waals surface area contributed by atoms with Gasteiger partial charge < -0.3 is 23.5 Å². The van der Waals surface area contributed by atoms with Crippen molar-refractivity contribution in [3.8, 4) is 11.1 Å². The first-order valence-corrected chi connectivity index (χ1v) is 36.5. The van der Waals surface area contributed by atoms with E-state index in [1.54, 1.807) is 11.1 Å². The van der Waals surface area contributed by atoms with Crippen LogP contribution in [0.25, 0.3) is 44.0 Å². The molecule has 0 radical (unpaired) electrons. The SMILES string of the molecule is CC(C)(C)c1ccc(N(c2ccc3c(c2)N(c2ccc4c(c2)C(C)(C)CCC4(C)C)c2cc(C(C)(C)C)cc4c2B3c2oc3cc5c(cc3c2N4c2cccc3c2-c2ccccc2C32C3CC4CC(C3)CC2C4)C(C)(C)CCC5(C)C)c2cccc3c2oc2ccccc23)cc1. The van der Waals surface area contributed by atoms with Crippen molar-refractivity contribution in [1.29, 1.82) is 0 Å². The zero-order chi connectivity index (χ0) is 65.9. The zero-order valence-corrected chi connectivity index (χ0v) is 59.1. The van der Waals surface area contributed by atoms with Crippen molar-refractivity contribution in [3.63, 3.8) is 0 Å². The molecule has 4 fully saturated rings. The second kappa shape index (κ2) is 19.5. The molecule has 1 spiro atoms. The van der Waals surface area contributed by atoms with Gasteiger partial charge in [0.05, 0.1) is 22.7 Å². The van der Waals surface area contributed by atoms with E-state index >= 15 is 0 Å². The number of rotatable bonds is 5. The largest absolute Gasteiger partial charge is 0.468 e. The van der Waals surface area contributed by atoms with E-state index in [1.165, 1.54) is 121 Å². The van der Waals surface area contributed by atoms with Gasteiger partial charge in [-0.1, -0.05) is 188 Å². The summed E-state index contributed by atoms with van der Waals surface area (Å²) in [6.45, 7) is 33.7. The van der Waals surface area contributed by atoms with Crippen LogP contribution < -0.4 is 31.3 Å². The molecule has 9 aromatic carbocycles. The fraction of sp³-hybridized carbons (Fsp3) is 0.378. The van der Waals surface area contributed by atoms with Crippen molar-refractivity contribution in [1.82, 2.24) is 0 Å². The van der Waals surface area contributed by atoms with Crippen LogP contribution in [-0.4, -0.2) is 6.71 Å². The van der Waals surface area contributed by atoms with Gasteiger partial charge in [-0.15, -0.1) is 0 Å². The molecule has 4 bridgehead atoms. The monoisotopic (exact) mass is 1260 g/mol. The number of nitrogens with zero attached hydrogens (tertiary/aromatic N) is 3. The first-order chi connectivity index (χ1) is 45.8. The van der Waals surface area contributed by atoms with E-state index in [0.29, 0.717) is 11.8 Å². The molecule has 0 N–H and O–H groups in total. The Bertz CT molecular complexity index is 5120. The molecule has 0 unspecified atom stereocenters. The predicted octanol–water partition coefficient (Wildman–Crippen LogP) is 22.9. The Morgan fingerprint density at radius 3 is 1.73 bits per heavy atom. The summed E-state index contributed by atoms with van der Waals surface area (Å²) in [5, 5.41) is 3.43. The molecule has 2 aromatic heterocycles. The van der Waals surface area contributed by atoms with Gasteiger partial charge in [-0.2, -0.15) is 0 Å². The van der Waals surface area contributed by atoms with Crippen molar-refractivity contribution in [3.05, 3.63) is 214 Å². The molecule has 4 saturated carbocycles. The van der Waals surface area contributed by atoms with Gasteiger partial charge in [0, 0.05) is 61.3 Å². The average Bonchev–Trinajstić information content (AvgIpc) is 1.42. The average molecular weight is 1260 g/mol. The third kappa shape index (κ3) is 8.11. The molecule has 482 valence electrons. The van der Waals surface area contributed by atoms with Crippen molar-refractivity contribution < 1.29 is 8.83 Å². The smallest absolute Gasteiger partial charge is 0.297 e. The topological polar surface area (TPSA) is 36.0 Å². The molecule has 0 amide bonds. The van der Waals surface area contributed by atoms with Crippen LogP contribution in [0.4, 0.5) is 51.2 Å². The highest BCUT2D eigenvalue weighted by atomic mass is 16.3. The van der Waals surface area contributed by atoms with Crippen molar-refractivity contribution in [2.45, 2.75) is 193 Å². The standard InChI is InChI=1S/C90H92BN3O2/c1-84(2,3)54-29-31-58(32-30-54)92(73-27-19-23-62-61-21-16-18-28-77(61)95-82(62)73)60-34-36-71-74(49-60)93(59-33-35-66-68(48-59)87(9,10)38-37-86(66,7)8)75-46-55(85(4,5)6)47-76-80(75)91(71)83-81(64-50-69-70(51-78(64)96-83)89(13,14)40-39-88(69,11)12)94(76)72-26-20-25-67-79(72)63-22-15-17-24-65(63)90(67)56-42-52-41-53(44-56)45-57(90)43-52/h15-36,46-53,56-57H,37-45H2,1-14H3. The number of anilines is 9. The summed E-state index contributed by atoms with van der Waals surface area (Å²) >= 11 is 0. The van der Waals surface area contributed by atoms with Crippen LogP contribution in [0.5, 0.6) is 0 Å². The van der Waals surface area contributed by atoms with E-state index in [4.69, 9.17) is 8.83 Å². The number of hydrogen-bond donors (Lipinski definition) is 0. The highest BCUT2D eigenvalue weighted by Crippen LogP contribution is 2.71. The second-order valence-electron chi connectivity index (χ2n) is 35.8. The Balaban J connectivity index is 0.928. The van der Waals surface area contributed by atoms with Crippen molar-refractivity contribution in [2.75, 3.05) is 14.7 Å². The highest BCUT2D eigenvalue weighted by molar-refractivity contribution is 7.00. The molecular weight excluding hydrogens is 1170 g/mol. The summed E-state index contributed by atoms with van der Waals surface area (Å²) in [6.07, 6.45) is 11.3. The Morgan fingerprint density at radius 1 is 0.438 bits per heavy atom. The van der Waals surface area contributed by atoms with Crippen molar-refractivity contribution >= 4 is 107 Å². The molecule has 96 heavy (non-hydrogen) atoms. The van der Waals surface area contributed by atoms with Gasteiger partial charge in [0.1, 0.15) is 11.2 Å². The molecular formula is C90H92BN3O2. The van der Waals surface area contributed by atoms with Crippen LogP contribution in [0.15, 0.2) is 179 Å². The van der Waals surface area contributed by atoms with Crippen LogP contribution in [0.1, 0.15) is 199 Å². The maximum Gasteiger partial charge on any atom is 0.297 e. The number of para-hydroxylation sites is 2. The molecule has 5 nitrogen and oxygen atoms in total. The van der Waals surface area contributed by atoms with E-state index < -0.39 is 0 Å². The van der Waals surface area contributed by atoms with Gasteiger partial charge in [0.2, 0.25) is 0 Å². The highest BCUT2D eigenvalue weighted by Gasteiger charge is 2.62. The molecule has 2 aliphatic heterocycles. The normalized spacial score (nSPS) is 23.2. The molecule has 20 rings (SSSR count). The van der Waals surface area contributed by atoms with Gasteiger partial charge in [0.25, 0.3) is 6.71 Å². The molecule has 0 saturated heterocycles. The van der Waals surface area contributed by atoms with Crippen LogP contribution in [0.3, 0.4) is 0 Å². The summed E-state index contributed by atoms with van der Waals surface area (Å²) in [4.78, 5) is 7.96.